The molecule has 5 saturated carbocycles. The zero-order chi connectivity index (χ0) is 40.1. The Morgan fingerprint density at radius 2 is 1.49 bits per heavy atom. The third-order valence-electron chi connectivity index (χ3n) is 17.7. The van der Waals surface area contributed by atoms with Crippen LogP contribution in [0.2, 0.25) is 0 Å². The van der Waals surface area contributed by atoms with E-state index in [-0.39, 0.29) is 45.5 Å². The van der Waals surface area contributed by atoms with E-state index in [1.807, 2.05) is 0 Å². The van der Waals surface area contributed by atoms with E-state index in [9.17, 15) is 46.0 Å². The zero-order valence-corrected chi connectivity index (χ0v) is 33.6. The summed E-state index contributed by atoms with van der Waals surface area (Å²) in [5.74, 6) is -0.0277. The maximum Gasteiger partial charge on any atom is 0.187 e. The lowest BCUT2D eigenvalue weighted by molar-refractivity contribution is -0.355. The molecule has 8 fully saturated rings. The summed E-state index contributed by atoms with van der Waals surface area (Å²) in [6, 6.07) is 0. The van der Waals surface area contributed by atoms with Crippen LogP contribution in [0.5, 0.6) is 0 Å². The number of rotatable bonds is 8. The van der Waals surface area contributed by atoms with E-state index in [4.69, 9.17) is 23.7 Å². The first-order valence-corrected chi connectivity index (χ1v) is 20.8. The summed E-state index contributed by atoms with van der Waals surface area (Å²) < 4.78 is 30.9. The SMILES string of the molecule is CC(C)(O)[C@@H]1CC[C@](C)([C@H]2[C@@H](O)C[C@@]3(C)[C@@H]4C[C@H](O)[C@@H]5C(C)(C)[C@@H](O[C@@H]6O[C@H](CO)[C@@H](O)[C@H](O)[C@H]6O[C@@H]6OC[C@](O)(CO)[C@H]6O)CC[C@@]56C[C@@]46CC[C@]23C)O1. The van der Waals surface area contributed by atoms with Crippen LogP contribution in [0.4, 0.5) is 0 Å². The topological polar surface area (TPSA) is 228 Å². The first-order valence-electron chi connectivity index (χ1n) is 20.8. The summed E-state index contributed by atoms with van der Waals surface area (Å²) >= 11 is 0. The van der Waals surface area contributed by atoms with E-state index in [0.29, 0.717) is 19.3 Å². The van der Waals surface area contributed by atoms with Gasteiger partial charge >= 0.3 is 0 Å². The van der Waals surface area contributed by atoms with Gasteiger partial charge in [0.1, 0.15) is 36.1 Å². The van der Waals surface area contributed by atoms with Crippen LogP contribution < -0.4 is 0 Å². The van der Waals surface area contributed by atoms with E-state index in [1.54, 1.807) is 13.8 Å². The highest BCUT2D eigenvalue weighted by atomic mass is 16.8. The molecule has 0 aromatic carbocycles. The molecule has 14 heteroatoms. The number of ether oxygens (including phenoxy) is 5. The molecule has 14 nitrogen and oxygen atoms in total. The van der Waals surface area contributed by atoms with Crippen molar-refractivity contribution in [1.29, 1.82) is 0 Å². The van der Waals surface area contributed by atoms with Gasteiger partial charge in [0, 0.05) is 5.92 Å². The van der Waals surface area contributed by atoms with E-state index < -0.39 is 103 Å². The van der Waals surface area contributed by atoms with Crippen LogP contribution >= 0.6 is 0 Å². The molecule has 0 radical (unpaired) electrons. The second-order valence-corrected chi connectivity index (χ2v) is 21.2. The normalized spacial score (nSPS) is 58.5. The minimum Gasteiger partial charge on any atom is -0.394 e. The molecule has 8 aliphatic rings. The lowest BCUT2D eigenvalue weighted by Crippen LogP contribution is -2.65. The number of hydrogen-bond acceptors (Lipinski definition) is 14. The molecule has 3 heterocycles. The van der Waals surface area contributed by atoms with Gasteiger partial charge in [-0.3, -0.25) is 0 Å². The Bertz CT molecular complexity index is 1470. The van der Waals surface area contributed by atoms with E-state index >= 15 is 0 Å². The minimum atomic E-state index is -1.98. The fraction of sp³-hybridized carbons (Fsp3) is 1.00. The smallest absolute Gasteiger partial charge is 0.187 e. The average molecular weight is 785 g/mol. The van der Waals surface area contributed by atoms with Crippen LogP contribution in [0, 0.1) is 44.8 Å². The Labute approximate surface area is 324 Å². The highest BCUT2D eigenvalue weighted by Gasteiger charge is 2.85. The molecule has 3 aliphatic heterocycles. The second kappa shape index (κ2) is 13.0. The van der Waals surface area contributed by atoms with E-state index in [2.05, 4.69) is 34.6 Å². The van der Waals surface area contributed by atoms with Gasteiger partial charge in [0.15, 0.2) is 12.6 Å². The zero-order valence-electron chi connectivity index (χ0n) is 33.6. The number of fused-ring (bicyclic) bond motifs is 2. The van der Waals surface area contributed by atoms with Gasteiger partial charge in [-0.2, -0.15) is 0 Å². The molecule has 0 amide bonds. The predicted molar refractivity (Wildman–Crippen MR) is 194 cm³/mol. The van der Waals surface area contributed by atoms with Crippen molar-refractivity contribution < 1.29 is 69.6 Å². The summed E-state index contributed by atoms with van der Waals surface area (Å²) in [5, 5.41) is 98.2. The van der Waals surface area contributed by atoms with Gasteiger partial charge in [0.2, 0.25) is 0 Å². The van der Waals surface area contributed by atoms with Crippen molar-refractivity contribution in [3.05, 3.63) is 0 Å². The molecule has 8 rings (SSSR count). The van der Waals surface area contributed by atoms with Crippen LogP contribution in [0.15, 0.2) is 0 Å². The van der Waals surface area contributed by atoms with Gasteiger partial charge in [0.05, 0.1) is 55.4 Å². The van der Waals surface area contributed by atoms with Gasteiger partial charge in [0.25, 0.3) is 0 Å². The quantitative estimate of drug-likeness (QED) is 0.155. The fourth-order valence-corrected chi connectivity index (χ4v) is 14.9. The molecular formula is C41H68O14. The van der Waals surface area contributed by atoms with Crippen molar-refractivity contribution in [2.75, 3.05) is 19.8 Å². The van der Waals surface area contributed by atoms with Gasteiger partial charge in [-0.05, 0) is 117 Å². The van der Waals surface area contributed by atoms with Crippen LogP contribution in [-0.2, 0) is 23.7 Å². The van der Waals surface area contributed by atoms with Crippen LogP contribution in [0.1, 0.15) is 106 Å². The largest absolute Gasteiger partial charge is 0.394 e. The number of hydrogen-bond donors (Lipinski definition) is 9. The van der Waals surface area contributed by atoms with Crippen molar-refractivity contribution in [2.45, 2.75) is 191 Å². The molecule has 0 aromatic rings. The monoisotopic (exact) mass is 784 g/mol. The van der Waals surface area contributed by atoms with Crippen LogP contribution in [0.25, 0.3) is 0 Å². The molecule has 20 atom stereocenters. The lowest BCUT2D eigenvalue weighted by Gasteiger charge is -2.65. The minimum absolute atomic E-state index is 0.00376. The molecule has 3 saturated heterocycles. The Balaban J connectivity index is 1.04. The molecule has 5 aliphatic carbocycles. The van der Waals surface area contributed by atoms with Gasteiger partial charge in [-0.25, -0.2) is 0 Å². The highest BCUT2D eigenvalue weighted by molar-refractivity contribution is 5.33. The standard InChI is InChI=1S/C41H68O14/c1-34(2)24(53-32-28(27(47)26(46)22(16-42)52-32)54-33-31(48)41(50,18-43)19-51-33)9-11-40-17-39(40)13-12-36(5)30(38(7)10-8-25(55-38)35(3,4)49)21(45)15-37(36,6)23(39)14-20(44)29(34)40/h20-33,42-50H,8-19H2,1-7H3/t20-,21-,22+,23-,24-,25-,26+,27-,28+,29+,30-,31-,32-,33-,36+,37-,38+,39-,40+,41+/m0/s1. The van der Waals surface area contributed by atoms with Gasteiger partial charge < -0.3 is 69.6 Å². The molecule has 9 N–H and O–H groups in total. The Morgan fingerprint density at radius 1 is 0.782 bits per heavy atom. The first-order chi connectivity index (χ1) is 25.5. The highest BCUT2D eigenvalue weighted by Crippen LogP contribution is 2.89. The molecule has 55 heavy (non-hydrogen) atoms. The number of aliphatic hydroxyl groups excluding tert-OH is 7. The maximum atomic E-state index is 12.4. The summed E-state index contributed by atoms with van der Waals surface area (Å²) in [4.78, 5) is 0. The summed E-state index contributed by atoms with van der Waals surface area (Å²) in [6.07, 6.45) is -5.03. The summed E-state index contributed by atoms with van der Waals surface area (Å²) in [7, 11) is 0. The Morgan fingerprint density at radius 3 is 2.11 bits per heavy atom. The third kappa shape index (κ3) is 5.56. The molecular weight excluding hydrogens is 716 g/mol. The lowest BCUT2D eigenvalue weighted by atomic mass is 9.41. The van der Waals surface area contributed by atoms with Crippen molar-refractivity contribution in [2.24, 2.45) is 44.8 Å². The van der Waals surface area contributed by atoms with Crippen molar-refractivity contribution >= 4 is 0 Å². The van der Waals surface area contributed by atoms with Crippen LogP contribution in [-0.4, -0.2) is 150 Å². The van der Waals surface area contributed by atoms with E-state index in [1.165, 1.54) is 0 Å². The second-order valence-electron chi connectivity index (χ2n) is 21.2. The van der Waals surface area contributed by atoms with E-state index in [0.717, 1.165) is 38.5 Å². The summed E-state index contributed by atoms with van der Waals surface area (Å²) in [6.45, 7) is 12.8. The average Bonchev–Trinajstić information content (AvgIpc) is 3.25. The first kappa shape index (κ1) is 41.2. The van der Waals surface area contributed by atoms with Crippen LogP contribution in [0.3, 0.4) is 0 Å². The Hall–Kier alpha value is -0.560. The van der Waals surface area contributed by atoms with Crippen molar-refractivity contribution in [3.8, 4) is 0 Å². The third-order valence-corrected chi connectivity index (χ3v) is 17.7. The molecule has 0 unspecified atom stereocenters. The Kier molecular flexibility index (Phi) is 9.71. The molecule has 316 valence electrons. The van der Waals surface area contributed by atoms with Gasteiger partial charge in [-0.15, -0.1) is 0 Å². The molecule has 0 aromatic heterocycles. The molecule has 2 spiro atoms. The van der Waals surface area contributed by atoms with Crippen molar-refractivity contribution in [3.63, 3.8) is 0 Å². The predicted octanol–water partition coefficient (Wildman–Crippen LogP) is 0.726. The van der Waals surface area contributed by atoms with Crippen molar-refractivity contribution in [1.82, 2.24) is 0 Å². The van der Waals surface area contributed by atoms with Gasteiger partial charge in [-0.1, -0.05) is 27.7 Å². The summed E-state index contributed by atoms with van der Waals surface area (Å²) in [5.41, 5.74) is -4.71. The maximum absolute atomic E-state index is 12.4. The fourth-order valence-electron chi connectivity index (χ4n) is 14.9. The number of aliphatic hydroxyl groups is 9. The molecule has 0 bridgehead atoms.